The Balaban J connectivity index is 2.14. The van der Waals surface area contributed by atoms with Gasteiger partial charge in [0.25, 0.3) is 0 Å². The van der Waals surface area contributed by atoms with Gasteiger partial charge in [-0.05, 0) is 43.3 Å². The molecule has 0 spiro atoms. The number of benzene rings is 2. The van der Waals surface area contributed by atoms with Gasteiger partial charge in [-0.15, -0.1) is 0 Å². The van der Waals surface area contributed by atoms with Crippen molar-refractivity contribution in [2.45, 2.75) is 31.2 Å². The highest BCUT2D eigenvalue weighted by atomic mass is 32.2. The third-order valence-electron chi connectivity index (χ3n) is 3.44. The maximum absolute atomic E-state index is 12.1. The van der Waals surface area contributed by atoms with E-state index in [1.165, 1.54) is 6.07 Å². The molecule has 0 saturated carbocycles. The van der Waals surface area contributed by atoms with Crippen molar-refractivity contribution >= 4 is 21.4 Å². The highest BCUT2D eigenvalue weighted by molar-refractivity contribution is 7.91. The Labute approximate surface area is 147 Å². The normalized spacial score (nSPS) is 12.4. The molecular formula is C18H22N2O4S. The number of ether oxygens (including phenoxy) is 1. The molecule has 0 aromatic heterocycles. The van der Waals surface area contributed by atoms with Crippen molar-refractivity contribution in [3.63, 3.8) is 0 Å². The van der Waals surface area contributed by atoms with E-state index in [1.807, 2.05) is 0 Å². The summed E-state index contributed by atoms with van der Waals surface area (Å²) in [5, 5.41) is 2.74. The molecule has 0 aliphatic heterocycles. The first-order chi connectivity index (χ1) is 11.8. The molecule has 0 radical (unpaired) electrons. The zero-order valence-electron chi connectivity index (χ0n) is 14.2. The summed E-state index contributed by atoms with van der Waals surface area (Å²) in [7, 11) is -3.38. The number of carbonyl (C=O) groups excluding carboxylic acids is 1. The largest absolute Gasteiger partial charge is 0.456 e. The maximum Gasteiger partial charge on any atom is 0.225 e. The molecule has 7 heteroatoms. The standard InChI is InChI=1S/C18H22N2O4S/c1-3-25(22,23)17-7-5-4-6-16(17)24-15-10-8-14(9-11-15)20-18(21)12-13(2)19/h4-11,13H,3,12,19H2,1-2H3,(H,20,21). The van der Waals surface area contributed by atoms with Crippen LogP contribution in [-0.2, 0) is 14.6 Å². The van der Waals surface area contributed by atoms with E-state index in [4.69, 9.17) is 10.5 Å². The van der Waals surface area contributed by atoms with E-state index in [0.717, 1.165) is 0 Å². The van der Waals surface area contributed by atoms with Crippen LogP contribution < -0.4 is 15.8 Å². The van der Waals surface area contributed by atoms with Gasteiger partial charge in [-0.25, -0.2) is 8.42 Å². The van der Waals surface area contributed by atoms with Crippen molar-refractivity contribution in [2.75, 3.05) is 11.1 Å². The minimum Gasteiger partial charge on any atom is -0.456 e. The second-order valence-electron chi connectivity index (χ2n) is 5.71. The Bertz CT molecular complexity index is 830. The van der Waals surface area contributed by atoms with Crippen LogP contribution in [-0.4, -0.2) is 26.1 Å². The van der Waals surface area contributed by atoms with Crippen molar-refractivity contribution in [3.05, 3.63) is 48.5 Å². The van der Waals surface area contributed by atoms with Crippen LogP contribution in [0, 0.1) is 0 Å². The molecule has 6 nitrogen and oxygen atoms in total. The number of nitrogens with one attached hydrogen (secondary N) is 1. The van der Waals surface area contributed by atoms with E-state index in [2.05, 4.69) is 5.32 Å². The number of nitrogens with two attached hydrogens (primary N) is 1. The molecule has 1 unspecified atom stereocenters. The number of hydrogen-bond donors (Lipinski definition) is 2. The van der Waals surface area contributed by atoms with Crippen LogP contribution in [0.4, 0.5) is 5.69 Å². The van der Waals surface area contributed by atoms with Gasteiger partial charge in [-0.1, -0.05) is 19.1 Å². The quantitative estimate of drug-likeness (QED) is 0.789. The van der Waals surface area contributed by atoms with Crippen molar-refractivity contribution in [2.24, 2.45) is 5.73 Å². The SMILES string of the molecule is CCS(=O)(=O)c1ccccc1Oc1ccc(NC(=O)CC(C)N)cc1. The lowest BCUT2D eigenvalue weighted by molar-refractivity contribution is -0.116. The molecule has 25 heavy (non-hydrogen) atoms. The van der Waals surface area contributed by atoms with Gasteiger partial charge >= 0.3 is 0 Å². The van der Waals surface area contributed by atoms with Gasteiger partial charge in [-0.2, -0.15) is 0 Å². The summed E-state index contributed by atoms with van der Waals surface area (Å²) in [5.41, 5.74) is 6.21. The van der Waals surface area contributed by atoms with Crippen molar-refractivity contribution < 1.29 is 17.9 Å². The molecule has 1 amide bonds. The third-order valence-corrected chi connectivity index (χ3v) is 5.20. The number of hydrogen-bond acceptors (Lipinski definition) is 5. The lowest BCUT2D eigenvalue weighted by Gasteiger charge is -2.12. The molecule has 0 aliphatic rings. The van der Waals surface area contributed by atoms with Crippen LogP contribution in [0.2, 0.25) is 0 Å². The average Bonchev–Trinajstić information content (AvgIpc) is 2.56. The summed E-state index contributed by atoms with van der Waals surface area (Å²) in [5.74, 6) is 0.586. The second kappa shape index (κ2) is 8.13. The Morgan fingerprint density at radius 2 is 1.80 bits per heavy atom. The number of amides is 1. The van der Waals surface area contributed by atoms with E-state index >= 15 is 0 Å². The Kier molecular flexibility index (Phi) is 6.17. The monoisotopic (exact) mass is 362 g/mol. The lowest BCUT2D eigenvalue weighted by Crippen LogP contribution is -2.23. The minimum atomic E-state index is -3.38. The van der Waals surface area contributed by atoms with Gasteiger partial charge in [0.15, 0.2) is 9.84 Å². The van der Waals surface area contributed by atoms with Gasteiger partial charge in [0.05, 0.1) is 5.75 Å². The summed E-state index contributed by atoms with van der Waals surface area (Å²) in [6, 6.07) is 13.0. The summed E-state index contributed by atoms with van der Waals surface area (Å²) in [6.07, 6.45) is 0.237. The Hall–Kier alpha value is -2.38. The average molecular weight is 362 g/mol. The van der Waals surface area contributed by atoms with E-state index in [9.17, 15) is 13.2 Å². The van der Waals surface area contributed by atoms with Crippen molar-refractivity contribution in [1.82, 2.24) is 0 Å². The highest BCUT2D eigenvalue weighted by Gasteiger charge is 2.17. The maximum atomic E-state index is 12.1. The van der Waals surface area contributed by atoms with E-state index < -0.39 is 9.84 Å². The first-order valence-electron chi connectivity index (χ1n) is 7.97. The van der Waals surface area contributed by atoms with Crippen LogP contribution >= 0.6 is 0 Å². The van der Waals surface area contributed by atoms with Gasteiger partial charge in [0, 0.05) is 18.2 Å². The Morgan fingerprint density at radius 3 is 2.40 bits per heavy atom. The van der Waals surface area contributed by atoms with E-state index in [1.54, 1.807) is 56.3 Å². The van der Waals surface area contributed by atoms with E-state index in [-0.39, 0.29) is 34.8 Å². The topological polar surface area (TPSA) is 98.5 Å². The number of sulfone groups is 1. The third kappa shape index (κ3) is 5.30. The molecule has 2 rings (SSSR count). The first kappa shape index (κ1) is 19.0. The second-order valence-corrected chi connectivity index (χ2v) is 7.95. The van der Waals surface area contributed by atoms with Crippen LogP contribution in [0.1, 0.15) is 20.3 Å². The molecule has 0 saturated heterocycles. The molecule has 0 aliphatic carbocycles. The molecule has 0 heterocycles. The number of carbonyl (C=O) groups is 1. The number of rotatable bonds is 7. The predicted octanol–water partition coefficient (Wildman–Crippen LogP) is 2.95. The molecule has 2 aromatic carbocycles. The van der Waals surface area contributed by atoms with Crippen LogP contribution in [0.25, 0.3) is 0 Å². The molecule has 134 valence electrons. The molecule has 3 N–H and O–H groups in total. The fourth-order valence-corrected chi connectivity index (χ4v) is 3.20. The molecule has 0 fully saturated rings. The lowest BCUT2D eigenvalue weighted by atomic mass is 10.2. The Morgan fingerprint density at radius 1 is 1.16 bits per heavy atom. The van der Waals surface area contributed by atoms with Crippen LogP contribution in [0.5, 0.6) is 11.5 Å². The summed E-state index contributed by atoms with van der Waals surface area (Å²) >= 11 is 0. The molecule has 1 atom stereocenters. The molecule has 0 bridgehead atoms. The van der Waals surface area contributed by atoms with Crippen molar-refractivity contribution in [3.8, 4) is 11.5 Å². The molecule has 2 aromatic rings. The first-order valence-corrected chi connectivity index (χ1v) is 9.62. The zero-order valence-corrected chi connectivity index (χ0v) is 15.0. The predicted molar refractivity (Wildman–Crippen MR) is 97.6 cm³/mol. The molecular weight excluding hydrogens is 340 g/mol. The van der Waals surface area contributed by atoms with Gasteiger partial charge < -0.3 is 15.8 Å². The summed E-state index contributed by atoms with van der Waals surface area (Å²) in [6.45, 7) is 3.35. The fourth-order valence-electron chi connectivity index (χ4n) is 2.18. The van der Waals surface area contributed by atoms with Crippen molar-refractivity contribution in [1.29, 1.82) is 0 Å². The number of anilines is 1. The summed E-state index contributed by atoms with van der Waals surface area (Å²) < 4.78 is 30.0. The summed E-state index contributed by atoms with van der Waals surface area (Å²) in [4.78, 5) is 11.9. The van der Waals surface area contributed by atoms with Gasteiger partial charge in [0.1, 0.15) is 16.4 Å². The van der Waals surface area contributed by atoms with Crippen LogP contribution in [0.3, 0.4) is 0 Å². The van der Waals surface area contributed by atoms with Crippen LogP contribution in [0.15, 0.2) is 53.4 Å². The van der Waals surface area contributed by atoms with Gasteiger partial charge in [-0.3, -0.25) is 4.79 Å². The van der Waals surface area contributed by atoms with Gasteiger partial charge in [0.2, 0.25) is 5.91 Å². The van der Waals surface area contributed by atoms with E-state index in [0.29, 0.717) is 11.4 Å². The fraction of sp³-hybridized carbons (Fsp3) is 0.278. The smallest absolute Gasteiger partial charge is 0.225 e. The highest BCUT2D eigenvalue weighted by Crippen LogP contribution is 2.29. The number of para-hydroxylation sites is 1. The minimum absolute atomic E-state index is 0.00208. The zero-order chi connectivity index (χ0) is 18.4.